The van der Waals surface area contributed by atoms with Crippen LogP contribution in [0, 0.1) is 5.92 Å². The van der Waals surface area contributed by atoms with E-state index >= 15 is 0 Å². The van der Waals surface area contributed by atoms with Crippen LogP contribution >= 0.6 is 0 Å². The fourth-order valence-electron chi connectivity index (χ4n) is 2.22. The van der Waals surface area contributed by atoms with Crippen LogP contribution in [0.5, 0.6) is 0 Å². The van der Waals surface area contributed by atoms with Gasteiger partial charge in [-0.05, 0) is 24.8 Å². The maximum Gasteiger partial charge on any atom is 1.00 e. The molecule has 1 heterocycles. The zero-order valence-corrected chi connectivity index (χ0v) is 11.6. The van der Waals surface area contributed by atoms with Gasteiger partial charge >= 0.3 is 1.43 Å². The van der Waals surface area contributed by atoms with Crippen LogP contribution in [0.2, 0.25) is 0 Å². The van der Waals surface area contributed by atoms with Crippen LogP contribution in [-0.2, 0) is 4.74 Å². The number of ether oxygens (including phenoxy) is 1. The van der Waals surface area contributed by atoms with Crippen molar-refractivity contribution in [3.8, 4) is 0 Å². The van der Waals surface area contributed by atoms with Gasteiger partial charge in [0, 0.05) is 22.8 Å². The molecule has 1 unspecified atom stereocenters. The minimum atomic E-state index is 0. The van der Waals surface area contributed by atoms with Crippen molar-refractivity contribution < 1.29 is 6.16 Å². The van der Waals surface area contributed by atoms with Crippen LogP contribution in [0.4, 0.5) is 0 Å². The highest BCUT2D eigenvalue weighted by Gasteiger charge is 2.34. The quantitative estimate of drug-likeness (QED) is 0.693. The summed E-state index contributed by atoms with van der Waals surface area (Å²) < 4.78 is 6.01. The van der Waals surface area contributed by atoms with E-state index in [0.717, 1.165) is 16.8 Å². The first-order chi connectivity index (χ1) is 7.22. The van der Waals surface area contributed by atoms with Crippen molar-refractivity contribution in [2.24, 2.45) is 0 Å². The normalized spacial score (nSPS) is 27.1. The van der Waals surface area contributed by atoms with Crippen molar-refractivity contribution in [2.45, 2.75) is 31.4 Å². The molecular formula is C13H20OSi+. The highest BCUT2D eigenvalue weighted by Crippen LogP contribution is 2.34. The number of hydrogen-bond acceptors (Lipinski definition) is 1. The number of benzene rings is 1. The molecule has 15 heavy (non-hydrogen) atoms. The third-order valence-corrected chi connectivity index (χ3v) is 5.01. The van der Waals surface area contributed by atoms with Gasteiger partial charge in [0.05, 0.1) is 5.22 Å². The lowest BCUT2D eigenvalue weighted by atomic mass is 9.90. The van der Waals surface area contributed by atoms with Crippen LogP contribution in [0.25, 0.3) is 0 Å². The lowest BCUT2D eigenvalue weighted by Crippen LogP contribution is -2.42. The van der Waals surface area contributed by atoms with E-state index < -0.39 is 0 Å². The van der Waals surface area contributed by atoms with Gasteiger partial charge in [-0.25, -0.2) is 0 Å². The van der Waals surface area contributed by atoms with Gasteiger partial charge in [0.1, 0.15) is 0 Å². The molecule has 1 aromatic rings. The summed E-state index contributed by atoms with van der Waals surface area (Å²) in [5.74, 6) is 1.43. The van der Waals surface area contributed by atoms with Crippen molar-refractivity contribution >= 4 is 10.2 Å². The summed E-state index contributed by atoms with van der Waals surface area (Å²) >= 11 is 0. The molecule has 81 valence electrons. The Hall–Kier alpha value is -0.603. The summed E-state index contributed by atoms with van der Waals surface area (Å²) in [5, 5.41) is 0.0968. The zero-order valence-electron chi connectivity index (χ0n) is 10.6. The molecule has 2 rings (SSSR count). The van der Waals surface area contributed by atoms with Gasteiger partial charge in [-0.3, -0.25) is 0 Å². The molecule has 0 aromatic heterocycles. The minimum Gasteiger partial charge on any atom is -0.379 e. The van der Waals surface area contributed by atoms with Crippen LogP contribution in [-0.4, -0.2) is 22.1 Å². The Labute approximate surface area is 96.7 Å². The molecule has 1 atom stereocenters. The third kappa shape index (κ3) is 2.32. The minimum absolute atomic E-state index is 0. The zero-order chi connectivity index (χ0) is 10.7. The van der Waals surface area contributed by atoms with E-state index in [4.69, 9.17) is 4.74 Å². The molecule has 2 heteroatoms. The van der Waals surface area contributed by atoms with Crippen molar-refractivity contribution in [1.29, 1.82) is 0 Å². The Morgan fingerprint density at radius 1 is 1.33 bits per heavy atom. The topological polar surface area (TPSA) is 9.23 Å². The molecule has 0 amide bonds. The second kappa shape index (κ2) is 4.50. The van der Waals surface area contributed by atoms with Gasteiger partial charge in [-0.1, -0.05) is 37.3 Å². The van der Waals surface area contributed by atoms with E-state index in [-0.39, 0.29) is 6.65 Å². The van der Waals surface area contributed by atoms with E-state index in [9.17, 15) is 0 Å². The Balaban J connectivity index is 0.00000128. The maximum absolute atomic E-state index is 6.01. The van der Waals surface area contributed by atoms with Crippen molar-refractivity contribution in [2.75, 3.05) is 6.61 Å². The van der Waals surface area contributed by atoms with Gasteiger partial charge in [0.15, 0.2) is 0 Å². The molecule has 0 spiro atoms. The van der Waals surface area contributed by atoms with Crippen LogP contribution in [0.3, 0.4) is 0 Å². The average Bonchev–Trinajstić information content (AvgIpc) is 2.30. The van der Waals surface area contributed by atoms with Crippen molar-refractivity contribution in [1.82, 2.24) is 0 Å². The summed E-state index contributed by atoms with van der Waals surface area (Å²) in [6.45, 7) is 3.17. The highest BCUT2D eigenvalue weighted by molar-refractivity contribution is 6.16. The molecule has 1 radical (unpaired) electrons. The summed E-state index contributed by atoms with van der Waals surface area (Å²) in [6, 6.07) is 10.7. The summed E-state index contributed by atoms with van der Waals surface area (Å²) in [7, 11) is 1.09. The largest absolute Gasteiger partial charge is 1.00 e. The Kier molecular flexibility index (Phi) is 3.27. The third-order valence-electron chi connectivity index (χ3n) is 3.47. The fourth-order valence-corrected chi connectivity index (χ4v) is 3.07. The van der Waals surface area contributed by atoms with E-state index in [1.807, 2.05) is 0 Å². The van der Waals surface area contributed by atoms with Gasteiger partial charge < -0.3 is 4.74 Å². The molecule has 1 aliphatic heterocycles. The molecule has 1 aliphatic rings. The first kappa shape index (κ1) is 10.9. The molecule has 1 nitrogen and oxygen atoms in total. The standard InChI is InChI=1S/C13H19OSi/c1-11(12-7-3-2-4-8-12)13(15)9-5-6-10-14-13/h2-4,7-8H,5-6,9-10H2,1,15H3/p+1. The van der Waals surface area contributed by atoms with E-state index in [1.54, 1.807) is 0 Å². The number of rotatable bonds is 2. The van der Waals surface area contributed by atoms with E-state index in [2.05, 4.69) is 37.3 Å². The molecule has 0 N–H and O–H groups in total. The molecule has 1 fully saturated rings. The lowest BCUT2D eigenvalue weighted by molar-refractivity contribution is -0.00387. The molecule has 0 bridgehead atoms. The Morgan fingerprint density at radius 2 is 2.07 bits per heavy atom. The summed E-state index contributed by atoms with van der Waals surface area (Å²) in [6.07, 6.45) is 3.75. The monoisotopic (exact) mass is 220 g/mol. The van der Waals surface area contributed by atoms with Crippen LogP contribution in [0.1, 0.15) is 33.2 Å². The SMILES string of the molecule is C[C](c1ccccc1)C1([SiH3])CCCCO1.[H+]. The Bertz CT molecular complexity index is 309. The van der Waals surface area contributed by atoms with Gasteiger partial charge in [0.25, 0.3) is 0 Å². The Morgan fingerprint density at radius 3 is 2.67 bits per heavy atom. The smallest absolute Gasteiger partial charge is 0.379 e. The van der Waals surface area contributed by atoms with E-state index in [0.29, 0.717) is 0 Å². The second-order valence-electron chi connectivity index (χ2n) is 4.53. The molecule has 1 aromatic carbocycles. The first-order valence-corrected chi connectivity index (χ1v) is 6.76. The maximum atomic E-state index is 6.01. The molecular weight excluding hydrogens is 200 g/mol. The predicted octanol–water partition coefficient (Wildman–Crippen LogP) is 2.00. The van der Waals surface area contributed by atoms with Crippen LogP contribution < -0.4 is 0 Å². The van der Waals surface area contributed by atoms with Crippen LogP contribution in [0.15, 0.2) is 30.3 Å². The lowest BCUT2D eigenvalue weighted by Gasteiger charge is -2.39. The highest BCUT2D eigenvalue weighted by atomic mass is 28.1. The predicted molar refractivity (Wildman–Crippen MR) is 68.0 cm³/mol. The second-order valence-corrected chi connectivity index (χ2v) is 6.14. The molecule has 0 saturated carbocycles. The molecule has 1 saturated heterocycles. The van der Waals surface area contributed by atoms with Gasteiger partial charge in [0.2, 0.25) is 0 Å². The average molecular weight is 220 g/mol. The van der Waals surface area contributed by atoms with Crippen molar-refractivity contribution in [3.05, 3.63) is 41.8 Å². The fraction of sp³-hybridized carbons (Fsp3) is 0.462. The first-order valence-electron chi connectivity index (χ1n) is 5.76. The van der Waals surface area contributed by atoms with Crippen molar-refractivity contribution in [3.63, 3.8) is 0 Å². The summed E-state index contributed by atoms with van der Waals surface area (Å²) in [4.78, 5) is 0. The number of hydrogen-bond donors (Lipinski definition) is 0. The summed E-state index contributed by atoms with van der Waals surface area (Å²) in [5.41, 5.74) is 1.34. The van der Waals surface area contributed by atoms with E-state index in [1.165, 1.54) is 30.7 Å². The molecule has 0 aliphatic carbocycles. The van der Waals surface area contributed by atoms with Gasteiger partial charge in [-0.15, -0.1) is 0 Å². The van der Waals surface area contributed by atoms with Gasteiger partial charge in [-0.2, -0.15) is 0 Å².